The molecule has 156 valence electrons. The van der Waals surface area contributed by atoms with Gasteiger partial charge in [0, 0.05) is 30.9 Å². The van der Waals surface area contributed by atoms with E-state index in [-0.39, 0.29) is 15.7 Å². The number of ether oxygens (including phenoxy) is 1. The number of esters is 1. The molecule has 1 amide bonds. The molecule has 0 bridgehead atoms. The average molecular weight is 429 g/mol. The number of hydrogen-bond acceptors (Lipinski definition) is 6. The summed E-state index contributed by atoms with van der Waals surface area (Å²) in [6.45, 7) is 3.77. The van der Waals surface area contributed by atoms with E-state index in [1.807, 2.05) is 6.92 Å². The first-order valence-electron chi connectivity index (χ1n) is 9.91. The van der Waals surface area contributed by atoms with Gasteiger partial charge in [-0.25, -0.2) is 13.2 Å². The maximum Gasteiger partial charge on any atom is 0.340 e. The number of thiophene rings is 1. The van der Waals surface area contributed by atoms with Crippen molar-refractivity contribution in [3.05, 3.63) is 16.0 Å². The highest BCUT2D eigenvalue weighted by molar-refractivity contribution is 7.91. The summed E-state index contributed by atoms with van der Waals surface area (Å²) >= 11 is 1.13. The largest absolute Gasteiger partial charge is 0.465 e. The molecule has 3 heterocycles. The zero-order chi connectivity index (χ0) is 20.3. The monoisotopic (exact) mass is 428 g/mol. The molecule has 3 rings (SSSR count). The Morgan fingerprint density at radius 1 is 1.11 bits per heavy atom. The van der Waals surface area contributed by atoms with Crippen LogP contribution in [0.4, 0.5) is 0 Å². The van der Waals surface area contributed by atoms with Crippen LogP contribution < -0.4 is 0 Å². The fourth-order valence-electron chi connectivity index (χ4n) is 3.85. The van der Waals surface area contributed by atoms with Crippen LogP contribution in [0.1, 0.15) is 66.2 Å². The SMILES string of the molecule is CCCC(=O)N1CCc2c(sc(S(=O)(=O)N3CCCCCC3)c2C(=O)OC)C1. The lowest BCUT2D eigenvalue weighted by molar-refractivity contribution is -0.132. The van der Waals surface area contributed by atoms with E-state index in [1.165, 1.54) is 11.4 Å². The highest BCUT2D eigenvalue weighted by Crippen LogP contribution is 2.38. The number of hydrogen-bond donors (Lipinski definition) is 0. The molecule has 0 atom stereocenters. The normalized spacial score (nSPS) is 18.4. The van der Waals surface area contributed by atoms with Gasteiger partial charge in [-0.15, -0.1) is 11.3 Å². The summed E-state index contributed by atoms with van der Waals surface area (Å²) in [6.07, 6.45) is 5.42. The first kappa shape index (κ1) is 21.3. The van der Waals surface area contributed by atoms with Gasteiger partial charge in [-0.2, -0.15) is 4.31 Å². The summed E-state index contributed by atoms with van der Waals surface area (Å²) in [5.41, 5.74) is 0.903. The van der Waals surface area contributed by atoms with Gasteiger partial charge < -0.3 is 9.64 Å². The fourth-order valence-corrected chi connectivity index (χ4v) is 7.41. The van der Waals surface area contributed by atoms with E-state index in [9.17, 15) is 18.0 Å². The quantitative estimate of drug-likeness (QED) is 0.674. The Labute approximate surface area is 170 Å². The summed E-state index contributed by atoms with van der Waals surface area (Å²) in [5.74, 6) is -0.544. The number of nitrogens with zero attached hydrogens (tertiary/aromatic N) is 2. The molecule has 0 aliphatic carbocycles. The molecule has 1 saturated heterocycles. The summed E-state index contributed by atoms with van der Waals surface area (Å²) in [5, 5.41) is 0. The van der Waals surface area contributed by atoms with Gasteiger partial charge in [-0.05, 0) is 31.2 Å². The van der Waals surface area contributed by atoms with Crippen LogP contribution in [0.3, 0.4) is 0 Å². The second-order valence-corrected chi connectivity index (χ2v) is 10.5. The number of carbonyl (C=O) groups is 2. The van der Waals surface area contributed by atoms with Crippen LogP contribution in [-0.2, 0) is 32.5 Å². The molecule has 1 aromatic heterocycles. The number of fused-ring (bicyclic) bond motifs is 1. The van der Waals surface area contributed by atoms with Gasteiger partial charge in [-0.1, -0.05) is 19.8 Å². The Morgan fingerprint density at radius 2 is 1.79 bits per heavy atom. The van der Waals surface area contributed by atoms with Gasteiger partial charge >= 0.3 is 5.97 Å². The third kappa shape index (κ3) is 4.11. The Hall–Kier alpha value is -1.45. The highest BCUT2D eigenvalue weighted by Gasteiger charge is 2.37. The van der Waals surface area contributed by atoms with Crippen molar-refractivity contribution in [1.29, 1.82) is 0 Å². The smallest absolute Gasteiger partial charge is 0.340 e. The minimum absolute atomic E-state index is 0.0677. The maximum absolute atomic E-state index is 13.4. The lowest BCUT2D eigenvalue weighted by Crippen LogP contribution is -2.35. The van der Waals surface area contributed by atoms with Gasteiger partial charge in [-0.3, -0.25) is 4.79 Å². The van der Waals surface area contributed by atoms with E-state index in [0.29, 0.717) is 39.0 Å². The molecule has 1 aromatic rings. The lowest BCUT2D eigenvalue weighted by atomic mass is 10.0. The van der Waals surface area contributed by atoms with E-state index in [1.54, 1.807) is 4.90 Å². The average Bonchev–Trinajstić information content (AvgIpc) is 2.86. The number of methoxy groups -OCH3 is 1. The molecule has 0 aromatic carbocycles. The van der Waals surface area contributed by atoms with Gasteiger partial charge in [0.15, 0.2) is 0 Å². The van der Waals surface area contributed by atoms with Crippen molar-refractivity contribution in [3.8, 4) is 0 Å². The number of sulfonamides is 1. The standard InChI is InChI=1S/C19H28N2O5S2/c1-3-8-16(22)20-12-9-14-15(13-20)27-19(17(14)18(23)26-2)28(24,25)21-10-6-4-5-7-11-21/h3-13H2,1-2H3. The Bertz CT molecular complexity index is 839. The van der Waals surface area contributed by atoms with Crippen molar-refractivity contribution in [2.24, 2.45) is 0 Å². The zero-order valence-corrected chi connectivity index (χ0v) is 18.2. The van der Waals surface area contributed by atoms with Crippen molar-refractivity contribution >= 4 is 33.2 Å². The molecular weight excluding hydrogens is 400 g/mol. The minimum atomic E-state index is -3.77. The second kappa shape index (κ2) is 8.92. The highest BCUT2D eigenvalue weighted by atomic mass is 32.2. The van der Waals surface area contributed by atoms with Crippen molar-refractivity contribution in [2.45, 2.75) is 62.6 Å². The number of amides is 1. The molecule has 28 heavy (non-hydrogen) atoms. The Kier molecular flexibility index (Phi) is 6.77. The molecule has 0 spiro atoms. The molecular formula is C19H28N2O5S2. The molecule has 1 fully saturated rings. The summed E-state index contributed by atoms with van der Waals surface area (Å²) in [4.78, 5) is 27.3. The number of carbonyl (C=O) groups excluding carboxylic acids is 2. The van der Waals surface area contributed by atoms with Crippen LogP contribution in [0.5, 0.6) is 0 Å². The van der Waals surface area contributed by atoms with Crippen molar-refractivity contribution < 1.29 is 22.7 Å². The maximum atomic E-state index is 13.4. The molecule has 9 heteroatoms. The summed E-state index contributed by atoms with van der Waals surface area (Å²) < 4.78 is 33.2. The van der Waals surface area contributed by atoms with Gasteiger partial charge in [0.1, 0.15) is 4.21 Å². The topological polar surface area (TPSA) is 84.0 Å². The third-order valence-electron chi connectivity index (χ3n) is 5.37. The van der Waals surface area contributed by atoms with Crippen LogP contribution in [0.25, 0.3) is 0 Å². The second-order valence-electron chi connectivity index (χ2n) is 7.29. The molecule has 7 nitrogen and oxygen atoms in total. The molecule has 0 saturated carbocycles. The first-order valence-corrected chi connectivity index (χ1v) is 12.2. The first-order chi connectivity index (χ1) is 13.4. The van der Waals surface area contributed by atoms with E-state index in [0.717, 1.165) is 53.9 Å². The van der Waals surface area contributed by atoms with E-state index < -0.39 is 16.0 Å². The van der Waals surface area contributed by atoms with Gasteiger partial charge in [0.2, 0.25) is 5.91 Å². The molecule has 0 N–H and O–H groups in total. The molecule has 2 aliphatic heterocycles. The third-order valence-corrected chi connectivity index (χ3v) is 8.98. The Balaban J connectivity index is 2.00. The summed E-state index contributed by atoms with van der Waals surface area (Å²) in [6, 6.07) is 0. The van der Waals surface area contributed by atoms with Crippen molar-refractivity contribution in [3.63, 3.8) is 0 Å². The Morgan fingerprint density at radius 3 is 2.39 bits per heavy atom. The summed E-state index contributed by atoms with van der Waals surface area (Å²) in [7, 11) is -2.49. The molecule has 2 aliphatic rings. The molecule has 0 unspecified atom stereocenters. The van der Waals surface area contributed by atoms with Crippen LogP contribution in [0, 0.1) is 0 Å². The zero-order valence-electron chi connectivity index (χ0n) is 16.5. The van der Waals surface area contributed by atoms with Crippen molar-refractivity contribution in [1.82, 2.24) is 9.21 Å². The van der Waals surface area contributed by atoms with Crippen LogP contribution in [0.15, 0.2) is 4.21 Å². The lowest BCUT2D eigenvalue weighted by Gasteiger charge is -2.27. The van der Waals surface area contributed by atoms with E-state index >= 15 is 0 Å². The van der Waals surface area contributed by atoms with E-state index in [4.69, 9.17) is 4.74 Å². The number of rotatable bonds is 5. The van der Waals surface area contributed by atoms with Crippen LogP contribution in [0.2, 0.25) is 0 Å². The van der Waals surface area contributed by atoms with Crippen molar-refractivity contribution in [2.75, 3.05) is 26.7 Å². The van der Waals surface area contributed by atoms with Gasteiger partial charge in [0.05, 0.1) is 19.2 Å². The fraction of sp³-hybridized carbons (Fsp3) is 0.684. The predicted molar refractivity (Wildman–Crippen MR) is 107 cm³/mol. The van der Waals surface area contributed by atoms with Gasteiger partial charge in [0.25, 0.3) is 10.0 Å². The van der Waals surface area contributed by atoms with Crippen LogP contribution >= 0.6 is 11.3 Å². The van der Waals surface area contributed by atoms with E-state index in [2.05, 4.69) is 0 Å². The predicted octanol–water partition coefficient (Wildman–Crippen LogP) is 2.78. The van der Waals surface area contributed by atoms with Crippen LogP contribution in [-0.4, -0.2) is 56.2 Å². The molecule has 0 radical (unpaired) electrons. The minimum Gasteiger partial charge on any atom is -0.465 e.